The van der Waals surface area contributed by atoms with Crippen LogP contribution in [0.5, 0.6) is 0 Å². The molecule has 0 spiro atoms. The summed E-state index contributed by atoms with van der Waals surface area (Å²) < 4.78 is 43.8. The third-order valence-corrected chi connectivity index (χ3v) is 8.33. The normalized spacial score (nSPS) is 15.3. The van der Waals surface area contributed by atoms with Gasteiger partial charge >= 0.3 is 0 Å². The Bertz CT molecular complexity index is 1340. The molecule has 5 nitrogen and oxygen atoms in total. The van der Waals surface area contributed by atoms with Crippen LogP contribution in [0.2, 0.25) is 0 Å². The van der Waals surface area contributed by atoms with Crippen molar-refractivity contribution < 1.29 is 12.8 Å². The quantitative estimate of drug-likeness (QED) is 0.489. The summed E-state index contributed by atoms with van der Waals surface area (Å²) >= 11 is 0. The molecular formula is C26H31FN2O3S. The van der Waals surface area contributed by atoms with Gasteiger partial charge in [0.2, 0.25) is 15.3 Å². The average molecular weight is 471 g/mol. The maximum Gasteiger partial charge on any atom is 0.211 e. The second-order valence-corrected chi connectivity index (χ2v) is 11.1. The van der Waals surface area contributed by atoms with Gasteiger partial charge in [-0.1, -0.05) is 32.4 Å². The van der Waals surface area contributed by atoms with Crippen molar-refractivity contribution in [3.05, 3.63) is 64.2 Å². The minimum absolute atomic E-state index is 0.0699. The van der Waals surface area contributed by atoms with E-state index in [2.05, 4.69) is 13.8 Å². The highest BCUT2D eigenvalue weighted by molar-refractivity contribution is 7.91. The molecule has 0 N–H and O–H groups in total. The molecule has 0 unspecified atom stereocenters. The molecule has 0 aliphatic carbocycles. The van der Waals surface area contributed by atoms with E-state index in [1.807, 2.05) is 4.90 Å². The maximum absolute atomic E-state index is 15.2. The number of piperidine rings is 1. The summed E-state index contributed by atoms with van der Waals surface area (Å²) in [5, 5.41) is 0.103. The minimum Gasteiger partial charge on any atom is -0.369 e. The fraction of sp³-hybridized carbons (Fsp3) is 0.423. The minimum atomic E-state index is -4.05. The van der Waals surface area contributed by atoms with Gasteiger partial charge in [-0.15, -0.1) is 0 Å². The lowest BCUT2D eigenvalue weighted by atomic mass is 9.98. The van der Waals surface area contributed by atoms with E-state index in [1.165, 1.54) is 18.3 Å². The highest BCUT2D eigenvalue weighted by Gasteiger charge is 2.26. The van der Waals surface area contributed by atoms with Gasteiger partial charge in [-0.05, 0) is 61.9 Å². The van der Waals surface area contributed by atoms with E-state index in [0.717, 1.165) is 44.3 Å². The van der Waals surface area contributed by atoms with Crippen molar-refractivity contribution in [2.24, 2.45) is 5.92 Å². The smallest absolute Gasteiger partial charge is 0.211 e. The number of aromatic nitrogens is 1. The first-order valence-electron chi connectivity index (χ1n) is 11.7. The summed E-state index contributed by atoms with van der Waals surface area (Å²) in [5.74, 6) is 0.128. The fourth-order valence-corrected chi connectivity index (χ4v) is 5.95. The Morgan fingerprint density at radius 3 is 2.52 bits per heavy atom. The van der Waals surface area contributed by atoms with Gasteiger partial charge in [-0.3, -0.25) is 4.79 Å². The molecule has 1 aromatic heterocycles. The number of benzene rings is 2. The Kier molecular flexibility index (Phi) is 6.61. The molecule has 1 aliphatic rings. The van der Waals surface area contributed by atoms with Gasteiger partial charge in [0.25, 0.3) is 0 Å². The Balaban J connectivity index is 1.91. The third-order valence-electron chi connectivity index (χ3n) is 6.58. The van der Waals surface area contributed by atoms with Gasteiger partial charge in [0, 0.05) is 25.8 Å². The van der Waals surface area contributed by atoms with E-state index >= 15 is 4.39 Å². The second kappa shape index (κ2) is 9.29. The van der Waals surface area contributed by atoms with E-state index in [1.54, 1.807) is 35.8 Å². The van der Waals surface area contributed by atoms with Crippen LogP contribution in [0.4, 0.5) is 10.1 Å². The predicted octanol–water partition coefficient (Wildman–Crippen LogP) is 5.32. The molecule has 0 amide bonds. The number of hydrogen-bond acceptors (Lipinski definition) is 4. The van der Waals surface area contributed by atoms with Crippen molar-refractivity contribution in [3.63, 3.8) is 0 Å². The molecule has 0 atom stereocenters. The van der Waals surface area contributed by atoms with Crippen LogP contribution < -0.4 is 10.3 Å². The molecule has 4 rings (SSSR count). The van der Waals surface area contributed by atoms with E-state index < -0.39 is 21.1 Å². The number of halogens is 1. The van der Waals surface area contributed by atoms with Gasteiger partial charge < -0.3 is 9.47 Å². The van der Waals surface area contributed by atoms with Gasteiger partial charge in [0.15, 0.2) is 0 Å². The van der Waals surface area contributed by atoms with Crippen molar-refractivity contribution >= 4 is 26.4 Å². The van der Waals surface area contributed by atoms with Crippen LogP contribution in [0, 0.1) is 18.7 Å². The Morgan fingerprint density at radius 1 is 1.12 bits per heavy atom. The molecule has 1 aliphatic heterocycles. The highest BCUT2D eigenvalue weighted by Crippen LogP contribution is 2.30. The number of hydrogen-bond donors (Lipinski definition) is 0. The number of pyridine rings is 1. The maximum atomic E-state index is 15.2. The molecule has 176 valence electrons. The SMILES string of the molecule is CCCCn1cc(S(=O)(=O)c2cccc(C)c2)c(=O)c2cc(F)c(N3CCC(C)CC3)cc21. The highest BCUT2D eigenvalue weighted by atomic mass is 32.2. The van der Waals surface area contributed by atoms with E-state index in [4.69, 9.17) is 0 Å². The lowest BCUT2D eigenvalue weighted by Crippen LogP contribution is -2.33. The number of aryl methyl sites for hydroxylation is 2. The first-order chi connectivity index (χ1) is 15.7. The van der Waals surface area contributed by atoms with Crippen LogP contribution >= 0.6 is 0 Å². The lowest BCUT2D eigenvalue weighted by Gasteiger charge is -2.32. The van der Waals surface area contributed by atoms with Crippen molar-refractivity contribution in [3.8, 4) is 0 Å². The van der Waals surface area contributed by atoms with Gasteiger partial charge in [-0.2, -0.15) is 0 Å². The first-order valence-corrected chi connectivity index (χ1v) is 13.1. The van der Waals surface area contributed by atoms with E-state index in [-0.39, 0.29) is 15.2 Å². The standard InChI is InChI=1S/C26H31FN2O3S/c1-4-5-11-29-17-25(33(31,32)20-8-6-7-19(3)14-20)26(30)21-15-22(27)24(16-23(21)29)28-12-9-18(2)10-13-28/h6-8,14-18H,4-5,9-13H2,1-3H3. The van der Waals surface area contributed by atoms with Gasteiger partial charge in [0.1, 0.15) is 10.7 Å². The van der Waals surface area contributed by atoms with Crippen LogP contribution in [0.15, 0.2) is 57.2 Å². The van der Waals surface area contributed by atoms with Crippen molar-refractivity contribution in [1.82, 2.24) is 4.57 Å². The van der Waals surface area contributed by atoms with Crippen LogP contribution in [0.3, 0.4) is 0 Å². The fourth-order valence-electron chi connectivity index (χ4n) is 4.48. The molecule has 7 heteroatoms. The average Bonchev–Trinajstić information content (AvgIpc) is 2.79. The topological polar surface area (TPSA) is 59.4 Å². The monoisotopic (exact) mass is 470 g/mol. The number of sulfone groups is 1. The summed E-state index contributed by atoms with van der Waals surface area (Å²) in [6.07, 6.45) is 5.15. The van der Waals surface area contributed by atoms with Crippen molar-refractivity contribution in [2.75, 3.05) is 18.0 Å². The number of unbranched alkanes of at least 4 members (excludes halogenated alkanes) is 1. The predicted molar refractivity (Wildman–Crippen MR) is 130 cm³/mol. The third kappa shape index (κ3) is 4.56. The van der Waals surface area contributed by atoms with Gasteiger partial charge in [0.05, 0.1) is 21.5 Å². The molecular weight excluding hydrogens is 439 g/mol. The summed E-state index contributed by atoms with van der Waals surface area (Å²) in [6, 6.07) is 9.45. The molecule has 1 saturated heterocycles. The van der Waals surface area contributed by atoms with E-state index in [9.17, 15) is 13.2 Å². The molecule has 33 heavy (non-hydrogen) atoms. The van der Waals surface area contributed by atoms with Crippen molar-refractivity contribution in [2.45, 2.75) is 62.8 Å². The Labute approximate surface area is 194 Å². The van der Waals surface area contributed by atoms with Gasteiger partial charge in [-0.25, -0.2) is 12.8 Å². The number of rotatable bonds is 6. The zero-order valence-electron chi connectivity index (χ0n) is 19.5. The van der Waals surface area contributed by atoms with Crippen LogP contribution in [-0.4, -0.2) is 26.1 Å². The van der Waals surface area contributed by atoms with Crippen molar-refractivity contribution in [1.29, 1.82) is 0 Å². The number of anilines is 1. The number of fused-ring (bicyclic) bond motifs is 1. The zero-order chi connectivity index (χ0) is 23.8. The second-order valence-electron chi connectivity index (χ2n) is 9.18. The summed E-state index contributed by atoms with van der Waals surface area (Å²) in [4.78, 5) is 15.2. The molecule has 2 aromatic carbocycles. The summed E-state index contributed by atoms with van der Waals surface area (Å²) in [7, 11) is -4.05. The largest absolute Gasteiger partial charge is 0.369 e. The number of nitrogens with zero attached hydrogens (tertiary/aromatic N) is 2. The molecule has 0 bridgehead atoms. The lowest BCUT2D eigenvalue weighted by molar-refractivity contribution is 0.434. The molecule has 3 aromatic rings. The van der Waals surface area contributed by atoms with E-state index in [0.29, 0.717) is 23.7 Å². The summed E-state index contributed by atoms with van der Waals surface area (Å²) in [6.45, 7) is 8.13. The van der Waals surface area contributed by atoms with Crippen LogP contribution in [0.1, 0.15) is 45.1 Å². The molecule has 0 radical (unpaired) electrons. The molecule has 1 fully saturated rings. The Hall–Kier alpha value is -2.67. The summed E-state index contributed by atoms with van der Waals surface area (Å²) in [5.41, 5.74) is 1.19. The van der Waals surface area contributed by atoms with Crippen LogP contribution in [-0.2, 0) is 16.4 Å². The van der Waals surface area contributed by atoms with Crippen LogP contribution in [0.25, 0.3) is 10.9 Å². The Morgan fingerprint density at radius 2 is 1.85 bits per heavy atom. The first kappa shape index (κ1) is 23.5. The molecule has 0 saturated carbocycles. The molecule has 2 heterocycles. The zero-order valence-corrected chi connectivity index (χ0v) is 20.3.